The molecule has 2 heterocycles. The molecule has 2 fully saturated rings. The van der Waals surface area contributed by atoms with Crippen molar-refractivity contribution < 1.29 is 4.79 Å². The summed E-state index contributed by atoms with van der Waals surface area (Å²) in [5.74, 6) is 0.0872. The van der Waals surface area contributed by atoms with E-state index in [0.29, 0.717) is 23.1 Å². The van der Waals surface area contributed by atoms with Crippen LogP contribution >= 0.6 is 23.2 Å². The third-order valence-electron chi connectivity index (χ3n) is 5.70. The van der Waals surface area contributed by atoms with Gasteiger partial charge in [0.05, 0.1) is 0 Å². The van der Waals surface area contributed by atoms with E-state index in [4.69, 9.17) is 23.2 Å². The Balaban J connectivity index is 1.52. The standard InChI is InChI=1S/C23H25Cl2N3O/c1-26-10-12-27(13-11-26)22-5-3-2-4-17(22)14-18-8-9-28(23(18)29)16-19-6-7-20(24)15-21(19)25/h2-7,14-15H,8-13,16H2,1H3. The maximum Gasteiger partial charge on any atom is 0.250 e. The van der Waals surface area contributed by atoms with Crippen LogP contribution in [0.1, 0.15) is 17.5 Å². The summed E-state index contributed by atoms with van der Waals surface area (Å²) in [5, 5.41) is 1.20. The first-order chi connectivity index (χ1) is 14.0. The number of likely N-dealkylation sites (tertiary alicyclic amines) is 1. The van der Waals surface area contributed by atoms with Gasteiger partial charge in [-0.25, -0.2) is 0 Å². The molecular formula is C23H25Cl2N3O. The van der Waals surface area contributed by atoms with E-state index in [0.717, 1.165) is 49.3 Å². The molecule has 0 bridgehead atoms. The Morgan fingerprint density at radius 2 is 1.76 bits per heavy atom. The van der Waals surface area contributed by atoms with Gasteiger partial charge in [0.15, 0.2) is 0 Å². The van der Waals surface area contributed by atoms with Crippen LogP contribution in [0.4, 0.5) is 5.69 Å². The number of nitrogens with zero attached hydrogens (tertiary/aromatic N) is 3. The molecule has 0 N–H and O–H groups in total. The maximum absolute atomic E-state index is 13.0. The van der Waals surface area contributed by atoms with Crippen LogP contribution in [0, 0.1) is 0 Å². The van der Waals surface area contributed by atoms with Crippen molar-refractivity contribution in [1.82, 2.24) is 9.80 Å². The SMILES string of the molecule is CN1CCN(c2ccccc2C=C2CCN(Cc3ccc(Cl)cc3Cl)C2=O)CC1. The molecule has 2 aliphatic rings. The Labute approximate surface area is 182 Å². The number of anilines is 1. The van der Waals surface area contributed by atoms with Crippen LogP contribution in [0.3, 0.4) is 0 Å². The molecule has 0 atom stereocenters. The topological polar surface area (TPSA) is 26.8 Å². The van der Waals surface area contributed by atoms with Crippen LogP contribution in [0.15, 0.2) is 48.0 Å². The lowest BCUT2D eigenvalue weighted by Crippen LogP contribution is -2.44. The highest BCUT2D eigenvalue weighted by Gasteiger charge is 2.27. The molecule has 0 unspecified atom stereocenters. The van der Waals surface area contributed by atoms with E-state index in [-0.39, 0.29) is 5.91 Å². The normalized spacial score (nSPS) is 19.4. The summed E-state index contributed by atoms with van der Waals surface area (Å²) in [6, 6.07) is 13.8. The van der Waals surface area contributed by atoms with Gasteiger partial charge in [0, 0.05) is 60.6 Å². The van der Waals surface area contributed by atoms with Gasteiger partial charge in [0.25, 0.3) is 0 Å². The van der Waals surface area contributed by atoms with Gasteiger partial charge in [-0.1, -0.05) is 47.5 Å². The Morgan fingerprint density at radius 3 is 2.52 bits per heavy atom. The summed E-state index contributed by atoms with van der Waals surface area (Å²) >= 11 is 12.3. The molecule has 2 aromatic carbocycles. The zero-order chi connectivity index (χ0) is 20.4. The molecule has 2 aromatic rings. The highest BCUT2D eigenvalue weighted by molar-refractivity contribution is 6.35. The molecule has 1 amide bonds. The fourth-order valence-corrected chi connectivity index (χ4v) is 4.41. The number of carbonyl (C=O) groups excluding carboxylic acids is 1. The molecule has 6 heteroatoms. The van der Waals surface area contributed by atoms with Crippen molar-refractivity contribution in [3.05, 3.63) is 69.2 Å². The largest absolute Gasteiger partial charge is 0.368 e. The second-order valence-electron chi connectivity index (χ2n) is 7.73. The number of piperazine rings is 1. The highest BCUT2D eigenvalue weighted by atomic mass is 35.5. The Bertz CT molecular complexity index is 935. The minimum atomic E-state index is 0.0872. The van der Waals surface area contributed by atoms with Gasteiger partial charge < -0.3 is 14.7 Å². The van der Waals surface area contributed by atoms with E-state index in [1.54, 1.807) is 6.07 Å². The average Bonchev–Trinajstić information content (AvgIpc) is 3.05. The predicted molar refractivity (Wildman–Crippen MR) is 121 cm³/mol. The van der Waals surface area contributed by atoms with Crippen molar-refractivity contribution in [2.24, 2.45) is 0 Å². The van der Waals surface area contributed by atoms with E-state index in [1.807, 2.05) is 23.1 Å². The number of carbonyl (C=O) groups is 1. The molecule has 152 valence electrons. The summed E-state index contributed by atoms with van der Waals surface area (Å²) in [7, 11) is 2.16. The van der Waals surface area contributed by atoms with Crippen molar-refractivity contribution in [3.8, 4) is 0 Å². The Hall–Kier alpha value is -2.01. The molecule has 0 aromatic heterocycles. The molecule has 2 aliphatic heterocycles. The third-order valence-corrected chi connectivity index (χ3v) is 6.29. The smallest absolute Gasteiger partial charge is 0.250 e. The van der Waals surface area contributed by atoms with Crippen molar-refractivity contribution >= 4 is 40.9 Å². The van der Waals surface area contributed by atoms with E-state index in [1.165, 1.54) is 5.69 Å². The number of hydrogen-bond acceptors (Lipinski definition) is 3. The van der Waals surface area contributed by atoms with E-state index in [2.05, 4.69) is 41.1 Å². The first-order valence-corrected chi connectivity index (χ1v) is 10.7. The summed E-state index contributed by atoms with van der Waals surface area (Å²) in [6.07, 6.45) is 2.82. The average molecular weight is 430 g/mol. The third kappa shape index (κ3) is 4.61. The van der Waals surface area contributed by atoms with Crippen molar-refractivity contribution in [2.45, 2.75) is 13.0 Å². The van der Waals surface area contributed by atoms with Gasteiger partial charge >= 0.3 is 0 Å². The van der Waals surface area contributed by atoms with Gasteiger partial charge in [-0.3, -0.25) is 4.79 Å². The molecule has 0 spiro atoms. The molecule has 4 nitrogen and oxygen atoms in total. The quantitative estimate of drug-likeness (QED) is 0.666. The second-order valence-corrected chi connectivity index (χ2v) is 8.57. The van der Waals surface area contributed by atoms with Crippen LogP contribution in [-0.2, 0) is 11.3 Å². The lowest BCUT2D eigenvalue weighted by Gasteiger charge is -2.35. The van der Waals surface area contributed by atoms with E-state index < -0.39 is 0 Å². The van der Waals surface area contributed by atoms with E-state index >= 15 is 0 Å². The molecule has 0 saturated carbocycles. The number of halogens is 2. The van der Waals surface area contributed by atoms with Gasteiger partial charge in [0.2, 0.25) is 5.91 Å². The van der Waals surface area contributed by atoms with Crippen molar-refractivity contribution in [2.75, 3.05) is 44.7 Å². The fourth-order valence-electron chi connectivity index (χ4n) is 3.94. The molecule has 4 rings (SSSR count). The molecule has 29 heavy (non-hydrogen) atoms. The van der Waals surface area contributed by atoms with Gasteiger partial charge in [0.1, 0.15) is 0 Å². The van der Waals surface area contributed by atoms with Gasteiger partial charge in [-0.2, -0.15) is 0 Å². The molecule has 0 radical (unpaired) electrons. The van der Waals surface area contributed by atoms with Crippen LogP contribution in [0.2, 0.25) is 10.0 Å². The van der Waals surface area contributed by atoms with Crippen molar-refractivity contribution in [3.63, 3.8) is 0 Å². The number of amides is 1. The summed E-state index contributed by atoms with van der Waals surface area (Å²) in [4.78, 5) is 19.6. The number of para-hydroxylation sites is 1. The van der Waals surface area contributed by atoms with Crippen LogP contribution in [0.5, 0.6) is 0 Å². The lowest BCUT2D eigenvalue weighted by molar-refractivity contribution is -0.125. The lowest BCUT2D eigenvalue weighted by atomic mass is 10.1. The van der Waals surface area contributed by atoms with E-state index in [9.17, 15) is 4.79 Å². The highest BCUT2D eigenvalue weighted by Crippen LogP contribution is 2.29. The number of likely N-dealkylation sites (N-methyl/N-ethyl adjacent to an activating group) is 1. The number of rotatable bonds is 4. The Kier molecular flexibility index (Phi) is 6.14. The maximum atomic E-state index is 13.0. The van der Waals surface area contributed by atoms with Crippen LogP contribution < -0.4 is 4.90 Å². The zero-order valence-corrected chi connectivity index (χ0v) is 18.1. The monoisotopic (exact) mass is 429 g/mol. The van der Waals surface area contributed by atoms with Gasteiger partial charge in [-0.15, -0.1) is 0 Å². The first kappa shape index (κ1) is 20.3. The summed E-state index contributed by atoms with van der Waals surface area (Å²) in [6.45, 7) is 5.34. The van der Waals surface area contributed by atoms with Crippen LogP contribution in [0.25, 0.3) is 6.08 Å². The second kappa shape index (κ2) is 8.78. The number of hydrogen-bond donors (Lipinski definition) is 0. The minimum absolute atomic E-state index is 0.0872. The minimum Gasteiger partial charge on any atom is -0.368 e. The number of benzene rings is 2. The molecular weight excluding hydrogens is 405 g/mol. The van der Waals surface area contributed by atoms with Crippen molar-refractivity contribution in [1.29, 1.82) is 0 Å². The first-order valence-electron chi connectivity index (χ1n) is 9.97. The molecule has 0 aliphatic carbocycles. The summed E-state index contributed by atoms with van der Waals surface area (Å²) in [5.41, 5.74) is 4.10. The zero-order valence-electron chi connectivity index (χ0n) is 16.6. The predicted octanol–water partition coefficient (Wildman–Crippen LogP) is 4.56. The van der Waals surface area contributed by atoms with Gasteiger partial charge in [-0.05, 0) is 48.9 Å². The molecule has 2 saturated heterocycles. The fraction of sp³-hybridized carbons (Fsp3) is 0.348. The Morgan fingerprint density at radius 1 is 1.00 bits per heavy atom. The van der Waals surface area contributed by atoms with Crippen LogP contribution in [-0.4, -0.2) is 55.5 Å². The summed E-state index contributed by atoms with van der Waals surface area (Å²) < 4.78 is 0.